The van der Waals surface area contributed by atoms with Crippen molar-refractivity contribution in [1.29, 1.82) is 5.41 Å². The molecule has 0 heterocycles. The molecule has 0 bridgehead atoms. The summed E-state index contributed by atoms with van der Waals surface area (Å²) >= 11 is 6.62. The molecule has 0 aliphatic heterocycles. The number of nitrogens with two attached hydrogens (primary N) is 1. The minimum Gasteiger partial charge on any atom is -0.482 e. The Labute approximate surface area is 253 Å². The molecule has 1 aliphatic carbocycles. The Morgan fingerprint density at radius 3 is 2.44 bits per heavy atom. The van der Waals surface area contributed by atoms with Gasteiger partial charge in [-0.05, 0) is 43.4 Å². The quantitative estimate of drug-likeness (QED) is 0.0911. The summed E-state index contributed by atoms with van der Waals surface area (Å²) in [6.45, 7) is 20.7. The van der Waals surface area contributed by atoms with Gasteiger partial charge < -0.3 is 21.5 Å². The van der Waals surface area contributed by atoms with Gasteiger partial charge in [0.2, 0.25) is 0 Å². The van der Waals surface area contributed by atoms with Crippen LogP contribution in [0, 0.1) is 25.3 Å². The maximum absolute atomic E-state index is 7.57. The van der Waals surface area contributed by atoms with Gasteiger partial charge in [0, 0.05) is 35.6 Å². The molecule has 39 heavy (non-hydrogen) atoms. The fourth-order valence-corrected chi connectivity index (χ4v) is 4.61. The molecule has 0 aromatic heterocycles. The van der Waals surface area contributed by atoms with Crippen LogP contribution in [-0.2, 0) is 18.6 Å². The Morgan fingerprint density at radius 2 is 1.90 bits per heavy atom. The summed E-state index contributed by atoms with van der Waals surface area (Å²) in [5.41, 5.74) is 15.5. The Bertz CT molecular complexity index is 1140. The van der Waals surface area contributed by atoms with E-state index in [1.54, 1.807) is 6.92 Å². The van der Waals surface area contributed by atoms with E-state index in [4.69, 9.17) is 22.7 Å². The van der Waals surface area contributed by atoms with Crippen LogP contribution in [0.1, 0.15) is 73.6 Å². The van der Waals surface area contributed by atoms with Crippen molar-refractivity contribution in [3.05, 3.63) is 113 Å². The molecule has 2 atom stereocenters. The zero-order chi connectivity index (χ0) is 28.7. The predicted molar refractivity (Wildman–Crippen MR) is 167 cm³/mol. The van der Waals surface area contributed by atoms with E-state index in [1.807, 2.05) is 32.0 Å². The summed E-state index contributed by atoms with van der Waals surface area (Å²) in [5, 5.41) is 10.9. The topological polar surface area (TPSA) is 74.3 Å². The summed E-state index contributed by atoms with van der Waals surface area (Å²) in [7, 11) is 0. The van der Waals surface area contributed by atoms with Crippen LogP contribution in [0.4, 0.5) is 5.69 Å². The first-order valence-electron chi connectivity index (χ1n) is 12.9. The van der Waals surface area contributed by atoms with Gasteiger partial charge >= 0.3 is 18.6 Å². The number of unbranched alkanes of at least 4 members (excludes halogenated alkanes) is 1. The number of aliphatic imine (C=N–C) groups is 1. The predicted octanol–water partition coefficient (Wildman–Crippen LogP) is 8.67. The largest absolute Gasteiger partial charge is 2.00 e. The number of benzene rings is 2. The molecule has 6 heteroatoms. The number of alkyl halides is 1. The number of aryl methyl sites for hydroxylation is 2. The van der Waals surface area contributed by atoms with E-state index in [1.165, 1.54) is 28.5 Å². The average molecular weight is 582 g/mol. The third kappa shape index (κ3) is 11.5. The number of hydrogen-bond acceptors (Lipinski definition) is 4. The molecule has 4 nitrogen and oxygen atoms in total. The van der Waals surface area contributed by atoms with Gasteiger partial charge in [0.1, 0.15) is 0 Å². The summed E-state index contributed by atoms with van der Waals surface area (Å²) in [6.07, 6.45) is 9.06. The molecule has 4 N–H and O–H groups in total. The van der Waals surface area contributed by atoms with E-state index in [2.05, 4.69) is 80.4 Å². The van der Waals surface area contributed by atoms with Crippen molar-refractivity contribution in [2.45, 2.75) is 65.2 Å². The van der Waals surface area contributed by atoms with Crippen molar-refractivity contribution in [2.75, 3.05) is 6.54 Å². The van der Waals surface area contributed by atoms with Crippen LogP contribution >= 0.6 is 11.6 Å². The van der Waals surface area contributed by atoms with E-state index in [-0.39, 0.29) is 29.9 Å². The van der Waals surface area contributed by atoms with Gasteiger partial charge in [-0.25, -0.2) is 11.8 Å². The first-order valence-corrected chi connectivity index (χ1v) is 13.3. The van der Waals surface area contributed by atoms with E-state index in [0.717, 1.165) is 47.5 Å². The Kier molecular flexibility index (Phi) is 17.9. The minimum absolute atomic E-state index is 0. The van der Waals surface area contributed by atoms with Crippen LogP contribution in [0.15, 0.2) is 89.7 Å². The number of hydrogen-bond donors (Lipinski definition) is 3. The normalized spacial score (nSPS) is 16.4. The number of allylic oxidation sites excluding steroid dienone is 3. The minimum atomic E-state index is -0.00126. The van der Waals surface area contributed by atoms with E-state index in [0.29, 0.717) is 6.54 Å². The molecule has 0 amide bonds. The van der Waals surface area contributed by atoms with Crippen molar-refractivity contribution < 1.29 is 18.6 Å². The van der Waals surface area contributed by atoms with Crippen molar-refractivity contribution >= 4 is 29.7 Å². The molecule has 3 rings (SSSR count). The molecular formula is C33H43ClN4V. The average Bonchev–Trinajstić information content (AvgIpc) is 3.22. The van der Waals surface area contributed by atoms with Crippen LogP contribution in [0.25, 0.3) is 0 Å². The van der Waals surface area contributed by atoms with Gasteiger partial charge in [-0.3, -0.25) is 6.07 Å². The fraction of sp³-hybridized carbons (Fsp3) is 0.333. The molecule has 1 aliphatic rings. The third-order valence-electron chi connectivity index (χ3n) is 6.07. The van der Waals surface area contributed by atoms with Crippen molar-refractivity contribution in [3.63, 3.8) is 0 Å². The van der Waals surface area contributed by atoms with Gasteiger partial charge in [0.25, 0.3) is 0 Å². The molecule has 2 aromatic carbocycles. The van der Waals surface area contributed by atoms with Crippen LogP contribution in [0.3, 0.4) is 0 Å². The summed E-state index contributed by atoms with van der Waals surface area (Å²) in [4.78, 5) is 3.94. The van der Waals surface area contributed by atoms with Crippen LogP contribution in [0.2, 0.25) is 0 Å². The van der Waals surface area contributed by atoms with E-state index >= 15 is 0 Å². The molecule has 0 spiro atoms. The van der Waals surface area contributed by atoms with E-state index in [9.17, 15) is 0 Å². The maximum atomic E-state index is 7.57. The molecule has 2 unspecified atom stereocenters. The zero-order valence-electron chi connectivity index (χ0n) is 24.1. The van der Waals surface area contributed by atoms with Crippen LogP contribution in [0.5, 0.6) is 0 Å². The number of fused-ring (bicyclic) bond motifs is 1. The van der Waals surface area contributed by atoms with Crippen molar-refractivity contribution in [1.82, 2.24) is 5.32 Å². The van der Waals surface area contributed by atoms with Crippen LogP contribution in [-0.4, -0.2) is 19.0 Å². The third-order valence-corrected chi connectivity index (χ3v) is 6.48. The first kappa shape index (κ1) is 36.2. The molecule has 207 valence electrons. The van der Waals surface area contributed by atoms with Gasteiger partial charge in [-0.2, -0.15) is 23.9 Å². The number of nitrogens with one attached hydrogen (secondary N) is 2. The van der Waals surface area contributed by atoms with Gasteiger partial charge in [-0.15, -0.1) is 31.7 Å². The molecule has 2 aromatic rings. The van der Waals surface area contributed by atoms with Gasteiger partial charge in [0.15, 0.2) is 0 Å². The van der Waals surface area contributed by atoms with Crippen LogP contribution < -0.4 is 11.1 Å². The Balaban J connectivity index is 0.000000931. The van der Waals surface area contributed by atoms with Gasteiger partial charge in [0.05, 0.1) is 5.38 Å². The standard InChI is InChI=1S/C22H30ClN3.C9H9N.C2H4.V/c1-5-6-7-17(12-24)13-26-16(4)22(15(3)25)20-11-21(23)19-10-14(2)8-9-18(19)20;1-3-10-9-6-4-8(2)5-7-9;1-2;/h7-10,12,20-21,24,26H,4-6,11,13,25H2,1-3H3;4-6H,1-2H3;1-2H2;/q;-2;;+2/b17-7+,22-15-,24-12?;;;. The Morgan fingerprint density at radius 1 is 1.23 bits per heavy atom. The summed E-state index contributed by atoms with van der Waals surface area (Å²) < 4.78 is 0. The second kappa shape index (κ2) is 19.3. The Hall–Kier alpha value is -2.79. The summed E-state index contributed by atoms with van der Waals surface area (Å²) in [5.74, 6) is 0.154. The second-order valence-corrected chi connectivity index (χ2v) is 9.64. The van der Waals surface area contributed by atoms with Crippen molar-refractivity contribution in [3.8, 4) is 0 Å². The molecule has 0 saturated carbocycles. The monoisotopic (exact) mass is 581 g/mol. The summed E-state index contributed by atoms with van der Waals surface area (Å²) in [6, 6.07) is 15.3. The number of halogens is 1. The zero-order valence-corrected chi connectivity index (χ0v) is 26.2. The fourth-order valence-electron chi connectivity index (χ4n) is 4.24. The molecule has 0 saturated heterocycles. The number of nitrogens with zero attached hydrogens (tertiary/aromatic N) is 1. The maximum Gasteiger partial charge on any atom is 2.00 e. The molecule has 1 radical (unpaired) electrons. The molecular weight excluding hydrogens is 539 g/mol. The molecule has 0 fully saturated rings. The smallest absolute Gasteiger partial charge is 0.482 e. The van der Waals surface area contributed by atoms with Gasteiger partial charge in [-0.1, -0.05) is 56.7 Å². The second-order valence-electron chi connectivity index (χ2n) is 9.12. The number of rotatable bonds is 9. The first-order chi connectivity index (χ1) is 18.2. The SMILES string of the molecule is C=C.C=C(NC/C(C=N)=C/CCC)/C(=C(\C)N)C1CC(Cl)c2cc(C)ccc21.C[C-]=Nc1[c-]cc(C)cc1.[V+2]. The van der Waals surface area contributed by atoms with Crippen molar-refractivity contribution in [2.24, 2.45) is 10.7 Å². The van der Waals surface area contributed by atoms with E-state index < -0.39 is 0 Å².